The molecular formula is C18H26N6O5. The molecule has 0 spiro atoms. The number of nitrogens with zero attached hydrogens (tertiary/aromatic N) is 5. The number of amides is 1. The smallest absolute Gasteiger partial charge is 0.233 e. The Labute approximate surface area is 167 Å². The van der Waals surface area contributed by atoms with Gasteiger partial charge < -0.3 is 20.3 Å². The van der Waals surface area contributed by atoms with E-state index in [9.17, 15) is 15.0 Å². The monoisotopic (exact) mass is 406 g/mol. The number of aliphatic hydroxyl groups excluding tert-OH is 2. The average molecular weight is 406 g/mol. The van der Waals surface area contributed by atoms with Gasteiger partial charge in [-0.15, -0.1) is 0 Å². The van der Waals surface area contributed by atoms with Crippen LogP contribution in [0.3, 0.4) is 0 Å². The van der Waals surface area contributed by atoms with Gasteiger partial charge in [-0.3, -0.25) is 14.2 Å². The molecule has 4 atom stereocenters. The van der Waals surface area contributed by atoms with E-state index in [2.05, 4.69) is 20.3 Å². The van der Waals surface area contributed by atoms with Crippen LogP contribution in [0.1, 0.15) is 38.8 Å². The third-order valence-electron chi connectivity index (χ3n) is 5.50. The molecule has 29 heavy (non-hydrogen) atoms. The summed E-state index contributed by atoms with van der Waals surface area (Å²) in [4.78, 5) is 29.2. The molecule has 1 saturated heterocycles. The molecule has 2 unspecified atom stereocenters. The Bertz CT molecular complexity index is 841. The third kappa shape index (κ3) is 3.90. The minimum atomic E-state index is -1.20. The molecular weight excluding hydrogens is 380 g/mol. The van der Waals surface area contributed by atoms with Crippen molar-refractivity contribution in [2.24, 2.45) is 0 Å². The summed E-state index contributed by atoms with van der Waals surface area (Å²) in [6.07, 6.45) is 4.03. The van der Waals surface area contributed by atoms with E-state index in [0.29, 0.717) is 36.0 Å². The highest BCUT2D eigenvalue weighted by atomic mass is 16.7. The molecule has 4 rings (SSSR count). The zero-order valence-corrected chi connectivity index (χ0v) is 16.2. The molecule has 2 aromatic rings. The van der Waals surface area contributed by atoms with Gasteiger partial charge in [-0.05, 0) is 19.8 Å². The number of anilines is 1. The number of aliphatic hydroxyl groups is 2. The number of ether oxygens (including phenoxy) is 1. The lowest BCUT2D eigenvalue weighted by Crippen LogP contribution is -2.36. The van der Waals surface area contributed by atoms with E-state index in [1.807, 2.05) is 0 Å². The number of fused-ring (bicyclic) bond motifs is 1. The molecule has 3 heterocycles. The molecule has 1 saturated carbocycles. The summed E-state index contributed by atoms with van der Waals surface area (Å²) in [7, 11) is 0. The first-order chi connectivity index (χ1) is 14.1. The summed E-state index contributed by atoms with van der Waals surface area (Å²) in [5, 5.41) is 25.4. The lowest BCUT2D eigenvalue weighted by atomic mass is 10.1. The largest absolute Gasteiger partial charge is 0.387 e. The van der Waals surface area contributed by atoms with Gasteiger partial charge in [-0.2, -0.15) is 0 Å². The Kier molecular flexibility index (Phi) is 5.90. The Morgan fingerprint density at radius 1 is 1.31 bits per heavy atom. The number of imidazole rings is 1. The van der Waals surface area contributed by atoms with Gasteiger partial charge in [-0.1, -0.05) is 12.8 Å². The molecule has 0 aromatic carbocycles. The van der Waals surface area contributed by atoms with E-state index >= 15 is 0 Å². The van der Waals surface area contributed by atoms with Crippen molar-refractivity contribution in [3.8, 4) is 0 Å². The van der Waals surface area contributed by atoms with E-state index in [4.69, 9.17) is 9.57 Å². The van der Waals surface area contributed by atoms with Crippen LogP contribution in [-0.2, 0) is 14.4 Å². The van der Waals surface area contributed by atoms with Crippen molar-refractivity contribution < 1.29 is 24.6 Å². The first kappa shape index (κ1) is 20.0. The van der Waals surface area contributed by atoms with Gasteiger partial charge in [0.05, 0.1) is 6.33 Å². The Balaban J connectivity index is 1.52. The predicted octanol–water partition coefficient (Wildman–Crippen LogP) is 0.210. The molecule has 2 aliphatic rings. The number of hydrogen-bond acceptors (Lipinski definition) is 9. The molecule has 158 valence electrons. The molecule has 1 aliphatic heterocycles. The zero-order chi connectivity index (χ0) is 20.4. The fourth-order valence-corrected chi connectivity index (χ4v) is 3.87. The Hall–Kier alpha value is -2.34. The number of carbonyl (C=O) groups is 1. The van der Waals surface area contributed by atoms with Crippen LogP contribution in [0.5, 0.6) is 0 Å². The topological polar surface area (TPSA) is 135 Å². The summed E-state index contributed by atoms with van der Waals surface area (Å²) in [6.45, 7) is 2.04. The second kappa shape index (κ2) is 8.57. The van der Waals surface area contributed by atoms with Crippen molar-refractivity contribution in [2.75, 3.05) is 18.5 Å². The summed E-state index contributed by atoms with van der Waals surface area (Å²) in [5.74, 6) is 0.651. The minimum Gasteiger partial charge on any atom is -0.387 e. The maximum absolute atomic E-state index is 10.9. The lowest BCUT2D eigenvalue weighted by molar-refractivity contribution is -0.189. The first-order valence-corrected chi connectivity index (χ1v) is 9.93. The van der Waals surface area contributed by atoms with Crippen molar-refractivity contribution >= 4 is 23.4 Å². The van der Waals surface area contributed by atoms with Gasteiger partial charge >= 0.3 is 0 Å². The Morgan fingerprint density at radius 3 is 2.83 bits per heavy atom. The van der Waals surface area contributed by atoms with E-state index in [1.165, 1.54) is 25.5 Å². The van der Waals surface area contributed by atoms with Gasteiger partial charge in [0, 0.05) is 12.6 Å². The third-order valence-corrected chi connectivity index (χ3v) is 5.50. The van der Waals surface area contributed by atoms with E-state index in [1.54, 1.807) is 11.5 Å². The van der Waals surface area contributed by atoms with Crippen LogP contribution in [-0.4, -0.2) is 78.7 Å². The summed E-state index contributed by atoms with van der Waals surface area (Å²) in [5.41, 5.74) is 1.09. The molecule has 0 radical (unpaired) electrons. The fourth-order valence-electron chi connectivity index (χ4n) is 3.87. The van der Waals surface area contributed by atoms with Crippen LogP contribution in [0, 0.1) is 0 Å². The van der Waals surface area contributed by atoms with Gasteiger partial charge in [-0.25, -0.2) is 20.0 Å². The number of hydroxylamine groups is 2. The van der Waals surface area contributed by atoms with Crippen molar-refractivity contribution in [1.82, 2.24) is 24.6 Å². The second-order valence-electron chi connectivity index (χ2n) is 7.35. The summed E-state index contributed by atoms with van der Waals surface area (Å²) < 4.78 is 7.41. The fraction of sp³-hybridized carbons (Fsp3) is 0.667. The highest BCUT2D eigenvalue weighted by molar-refractivity contribution is 5.82. The number of nitrogens with one attached hydrogen (secondary N) is 1. The number of hydrogen-bond donors (Lipinski definition) is 3. The van der Waals surface area contributed by atoms with Crippen LogP contribution in [0.4, 0.5) is 5.82 Å². The maximum Gasteiger partial charge on any atom is 0.233 e. The number of rotatable bonds is 8. The number of aromatic nitrogens is 4. The van der Waals surface area contributed by atoms with E-state index in [-0.39, 0.29) is 6.61 Å². The van der Waals surface area contributed by atoms with Crippen LogP contribution in [0.15, 0.2) is 12.7 Å². The maximum atomic E-state index is 10.9. The van der Waals surface area contributed by atoms with E-state index < -0.39 is 24.5 Å². The van der Waals surface area contributed by atoms with Crippen molar-refractivity contribution in [1.29, 1.82) is 0 Å². The quantitative estimate of drug-likeness (QED) is 0.415. The highest BCUT2D eigenvalue weighted by Gasteiger charge is 2.44. The molecule has 2 aromatic heterocycles. The SMILES string of the molecule is CCN(C=O)OC[C@H]1O[C@@H](n2cnc3c(NC4CCCC4)ncnc32)C(O)C1O. The number of carbonyl (C=O) groups excluding carboxylic acids is 1. The predicted molar refractivity (Wildman–Crippen MR) is 102 cm³/mol. The van der Waals surface area contributed by atoms with Crippen LogP contribution < -0.4 is 5.32 Å². The normalized spacial score (nSPS) is 27.6. The molecule has 1 aliphatic carbocycles. The highest BCUT2D eigenvalue weighted by Crippen LogP contribution is 2.33. The standard InChI is InChI=1S/C18H26N6O5/c1-2-23(10-25)28-7-12-14(26)15(27)18(29-12)24-9-21-13-16(19-8-20-17(13)24)22-11-5-3-4-6-11/h8-12,14-15,18,26-27H,2-7H2,1H3,(H,19,20,22)/t12-,14?,15?,18-/m1/s1. The van der Waals surface area contributed by atoms with Crippen LogP contribution >= 0.6 is 0 Å². The van der Waals surface area contributed by atoms with Gasteiger partial charge in [0.25, 0.3) is 0 Å². The van der Waals surface area contributed by atoms with Gasteiger partial charge in [0.15, 0.2) is 23.2 Å². The molecule has 2 fully saturated rings. The summed E-state index contributed by atoms with van der Waals surface area (Å²) >= 11 is 0. The molecule has 11 heteroatoms. The minimum absolute atomic E-state index is 0.0720. The van der Waals surface area contributed by atoms with Crippen molar-refractivity contribution in [3.63, 3.8) is 0 Å². The molecule has 1 amide bonds. The molecule has 3 N–H and O–H groups in total. The second-order valence-corrected chi connectivity index (χ2v) is 7.35. The van der Waals surface area contributed by atoms with Crippen LogP contribution in [0.25, 0.3) is 11.2 Å². The average Bonchev–Trinajstić information content (AvgIpc) is 3.45. The van der Waals surface area contributed by atoms with Gasteiger partial charge in [0.1, 0.15) is 31.2 Å². The van der Waals surface area contributed by atoms with Crippen LogP contribution in [0.2, 0.25) is 0 Å². The lowest BCUT2D eigenvalue weighted by Gasteiger charge is -2.19. The van der Waals surface area contributed by atoms with Crippen molar-refractivity contribution in [2.45, 2.75) is 63.2 Å². The Morgan fingerprint density at radius 2 is 2.10 bits per heavy atom. The summed E-state index contributed by atoms with van der Waals surface area (Å²) in [6, 6.07) is 0.370. The first-order valence-electron chi connectivity index (χ1n) is 9.93. The van der Waals surface area contributed by atoms with E-state index in [0.717, 1.165) is 17.9 Å². The molecule has 0 bridgehead atoms. The van der Waals surface area contributed by atoms with Crippen molar-refractivity contribution in [3.05, 3.63) is 12.7 Å². The van der Waals surface area contributed by atoms with Gasteiger partial charge in [0.2, 0.25) is 6.41 Å². The zero-order valence-electron chi connectivity index (χ0n) is 16.2. The molecule has 11 nitrogen and oxygen atoms in total.